The summed E-state index contributed by atoms with van der Waals surface area (Å²) in [4.78, 5) is 14.9. The van der Waals surface area contributed by atoms with Gasteiger partial charge in [0.05, 0.1) is 18.7 Å². The zero-order valence-electron chi connectivity index (χ0n) is 16.1. The summed E-state index contributed by atoms with van der Waals surface area (Å²) < 4.78 is 0. The lowest BCUT2D eigenvalue weighted by Gasteiger charge is -2.32. The van der Waals surface area contributed by atoms with Gasteiger partial charge >= 0.3 is 0 Å². The predicted octanol–water partition coefficient (Wildman–Crippen LogP) is 3.31. The van der Waals surface area contributed by atoms with E-state index in [2.05, 4.69) is 16.3 Å². The Bertz CT molecular complexity index is 649. The van der Waals surface area contributed by atoms with Crippen LogP contribution in [0, 0.1) is 11.3 Å². The summed E-state index contributed by atoms with van der Waals surface area (Å²) >= 11 is 0. The second kappa shape index (κ2) is 9.34. The van der Waals surface area contributed by atoms with E-state index < -0.39 is 11.6 Å². The molecule has 1 aromatic carbocycles. The van der Waals surface area contributed by atoms with Crippen LogP contribution in [0.5, 0.6) is 0 Å². The van der Waals surface area contributed by atoms with Crippen molar-refractivity contribution >= 4 is 5.91 Å². The summed E-state index contributed by atoms with van der Waals surface area (Å²) in [5, 5.41) is 23.2. The highest BCUT2D eigenvalue weighted by Crippen LogP contribution is 2.29. The van der Waals surface area contributed by atoms with Gasteiger partial charge in [-0.25, -0.2) is 0 Å². The first kappa shape index (κ1) is 19.9. The molecule has 1 aliphatic carbocycles. The van der Waals surface area contributed by atoms with Crippen molar-refractivity contribution in [1.29, 1.82) is 5.26 Å². The molecule has 3 rings (SSSR count). The molecule has 1 saturated heterocycles. The number of aliphatic hydroxyl groups excluding tert-OH is 1. The molecule has 1 saturated carbocycles. The highest BCUT2D eigenvalue weighted by atomic mass is 16.3. The molecule has 0 spiro atoms. The minimum Gasteiger partial charge on any atom is -0.388 e. The number of rotatable bonds is 6. The fourth-order valence-corrected chi connectivity index (χ4v) is 4.52. The van der Waals surface area contributed by atoms with Gasteiger partial charge < -0.3 is 10.4 Å². The van der Waals surface area contributed by atoms with Crippen molar-refractivity contribution in [2.75, 3.05) is 13.1 Å². The molecule has 0 aromatic heterocycles. The maximum Gasteiger partial charge on any atom is 0.235 e. The molecule has 2 fully saturated rings. The molecule has 5 nitrogen and oxygen atoms in total. The van der Waals surface area contributed by atoms with E-state index in [9.17, 15) is 15.2 Å². The molecule has 0 radical (unpaired) electrons. The van der Waals surface area contributed by atoms with Gasteiger partial charge in [-0.1, -0.05) is 43.2 Å². The first-order valence-electron chi connectivity index (χ1n) is 10.3. The quantitative estimate of drug-likeness (QED) is 0.807. The Morgan fingerprint density at radius 3 is 2.67 bits per heavy atom. The van der Waals surface area contributed by atoms with Crippen LogP contribution in [-0.4, -0.2) is 40.6 Å². The van der Waals surface area contributed by atoms with Crippen LogP contribution in [0.25, 0.3) is 0 Å². The van der Waals surface area contributed by atoms with Crippen molar-refractivity contribution in [2.24, 2.45) is 0 Å². The van der Waals surface area contributed by atoms with E-state index in [1.165, 1.54) is 0 Å². The number of hydrogen-bond donors (Lipinski definition) is 2. The van der Waals surface area contributed by atoms with Gasteiger partial charge in [0.25, 0.3) is 0 Å². The van der Waals surface area contributed by atoms with Gasteiger partial charge in [-0.3, -0.25) is 9.69 Å². The molecular formula is C22H31N3O2. The lowest BCUT2D eigenvalue weighted by Crippen LogP contribution is -2.50. The lowest BCUT2D eigenvalue weighted by atomic mass is 9.97. The summed E-state index contributed by atoms with van der Waals surface area (Å²) in [5.41, 5.74) is 0.266. The molecule has 1 amide bonds. The molecule has 1 aromatic rings. The van der Waals surface area contributed by atoms with Gasteiger partial charge in [0, 0.05) is 6.04 Å². The maximum atomic E-state index is 12.7. The second-order valence-corrected chi connectivity index (χ2v) is 8.09. The van der Waals surface area contributed by atoms with E-state index in [-0.39, 0.29) is 11.9 Å². The van der Waals surface area contributed by atoms with Crippen molar-refractivity contribution < 1.29 is 9.90 Å². The minimum atomic E-state index is -0.665. The summed E-state index contributed by atoms with van der Waals surface area (Å²) in [6.07, 6.45) is 8.02. The van der Waals surface area contributed by atoms with Crippen LogP contribution >= 0.6 is 0 Å². The largest absolute Gasteiger partial charge is 0.388 e. The first-order valence-corrected chi connectivity index (χ1v) is 10.3. The molecule has 2 aliphatic rings. The van der Waals surface area contributed by atoms with Gasteiger partial charge in [-0.05, 0) is 57.1 Å². The van der Waals surface area contributed by atoms with E-state index in [4.69, 9.17) is 0 Å². The van der Waals surface area contributed by atoms with E-state index in [0.717, 1.165) is 63.5 Å². The molecular weight excluding hydrogens is 338 g/mol. The molecule has 1 heterocycles. The van der Waals surface area contributed by atoms with Crippen LogP contribution in [0.3, 0.4) is 0 Å². The maximum absolute atomic E-state index is 12.7. The summed E-state index contributed by atoms with van der Waals surface area (Å²) in [5.74, 6) is -0.0560. The summed E-state index contributed by atoms with van der Waals surface area (Å²) in [6, 6.07) is 12.3. The standard InChI is InChI=1S/C22H31N3O2/c23-17-22(12-6-7-13-22)24-21(27)16-25-14-8-2-5-11-19(25)15-20(26)18-9-3-1-4-10-18/h1,3-4,9-10,19-20,26H,2,5-8,11-16H2,(H,24,27)/t19-,20+/m1/s1. The molecule has 1 aliphatic heterocycles. The van der Waals surface area contributed by atoms with Crippen LogP contribution in [0.1, 0.15) is 69.5 Å². The van der Waals surface area contributed by atoms with Crippen LogP contribution < -0.4 is 5.32 Å². The van der Waals surface area contributed by atoms with E-state index in [1.54, 1.807) is 0 Å². The Labute approximate surface area is 162 Å². The number of nitrogens with one attached hydrogen (secondary N) is 1. The number of aliphatic hydroxyl groups is 1. The normalized spacial score (nSPS) is 23.9. The number of benzene rings is 1. The van der Waals surface area contributed by atoms with Crippen molar-refractivity contribution in [2.45, 2.75) is 75.5 Å². The fourth-order valence-electron chi connectivity index (χ4n) is 4.52. The third-order valence-electron chi connectivity index (χ3n) is 6.08. The zero-order valence-corrected chi connectivity index (χ0v) is 16.1. The van der Waals surface area contributed by atoms with Crippen LogP contribution in [0.2, 0.25) is 0 Å². The Morgan fingerprint density at radius 1 is 1.22 bits per heavy atom. The topological polar surface area (TPSA) is 76.4 Å². The molecule has 146 valence electrons. The van der Waals surface area contributed by atoms with E-state index >= 15 is 0 Å². The van der Waals surface area contributed by atoms with Crippen molar-refractivity contribution in [3.63, 3.8) is 0 Å². The molecule has 2 atom stereocenters. The number of nitrogens with zero attached hydrogens (tertiary/aromatic N) is 2. The van der Waals surface area contributed by atoms with Crippen molar-refractivity contribution in [1.82, 2.24) is 10.2 Å². The average Bonchev–Trinajstić information content (AvgIpc) is 3.05. The number of likely N-dealkylation sites (tertiary alicyclic amines) is 1. The highest BCUT2D eigenvalue weighted by molar-refractivity contribution is 5.79. The van der Waals surface area contributed by atoms with Crippen LogP contribution in [-0.2, 0) is 4.79 Å². The number of carbonyl (C=O) groups excluding carboxylic acids is 1. The van der Waals surface area contributed by atoms with Gasteiger partial charge in [-0.15, -0.1) is 0 Å². The Kier molecular flexibility index (Phi) is 6.87. The summed E-state index contributed by atoms with van der Waals surface area (Å²) in [6.45, 7) is 1.19. The number of hydrogen-bond acceptors (Lipinski definition) is 4. The van der Waals surface area contributed by atoms with E-state index in [0.29, 0.717) is 13.0 Å². The molecule has 0 unspecified atom stereocenters. The number of nitriles is 1. The Balaban J connectivity index is 1.62. The third kappa shape index (κ3) is 5.31. The lowest BCUT2D eigenvalue weighted by molar-refractivity contribution is -0.124. The van der Waals surface area contributed by atoms with Gasteiger partial charge in [0.15, 0.2) is 0 Å². The average molecular weight is 370 g/mol. The smallest absolute Gasteiger partial charge is 0.235 e. The van der Waals surface area contributed by atoms with Crippen molar-refractivity contribution in [3.05, 3.63) is 35.9 Å². The predicted molar refractivity (Wildman–Crippen MR) is 105 cm³/mol. The van der Waals surface area contributed by atoms with Gasteiger partial charge in [0.2, 0.25) is 5.91 Å². The number of amides is 1. The molecule has 27 heavy (non-hydrogen) atoms. The van der Waals surface area contributed by atoms with Gasteiger partial charge in [-0.2, -0.15) is 5.26 Å². The van der Waals surface area contributed by atoms with E-state index in [1.807, 2.05) is 30.3 Å². The molecule has 2 N–H and O–H groups in total. The SMILES string of the molecule is N#CC1(NC(=O)CN2CCCCC[C@@H]2C[C@H](O)c2ccccc2)CCCC1. The van der Waals surface area contributed by atoms with Crippen molar-refractivity contribution in [3.8, 4) is 6.07 Å². The Morgan fingerprint density at radius 2 is 1.96 bits per heavy atom. The van der Waals surface area contributed by atoms with Crippen LogP contribution in [0.4, 0.5) is 0 Å². The highest BCUT2D eigenvalue weighted by Gasteiger charge is 2.36. The summed E-state index contributed by atoms with van der Waals surface area (Å²) in [7, 11) is 0. The number of carbonyl (C=O) groups is 1. The van der Waals surface area contributed by atoms with Gasteiger partial charge in [0.1, 0.15) is 5.54 Å². The molecule has 5 heteroatoms. The molecule has 0 bridgehead atoms. The van der Waals surface area contributed by atoms with Crippen LogP contribution in [0.15, 0.2) is 30.3 Å². The first-order chi connectivity index (χ1) is 13.1. The fraction of sp³-hybridized carbons (Fsp3) is 0.636. The third-order valence-corrected chi connectivity index (χ3v) is 6.08. The second-order valence-electron chi connectivity index (χ2n) is 8.09. The monoisotopic (exact) mass is 369 g/mol. The Hall–Kier alpha value is -1.90. The zero-order chi connectivity index (χ0) is 19.1. The minimum absolute atomic E-state index is 0.0560.